The number of amides is 2. The number of imide groups is 1. The van der Waals surface area contributed by atoms with Crippen molar-refractivity contribution < 1.29 is 14.0 Å². The molecule has 0 aromatic carbocycles. The van der Waals surface area contributed by atoms with Gasteiger partial charge in [-0.05, 0) is 0 Å². The van der Waals surface area contributed by atoms with Crippen LogP contribution in [0.3, 0.4) is 0 Å². The van der Waals surface area contributed by atoms with Crippen LogP contribution in [0, 0.1) is 0 Å². The molecule has 0 heterocycles. The van der Waals surface area contributed by atoms with Crippen LogP contribution in [0.1, 0.15) is 0 Å². The zero-order chi connectivity index (χ0) is 6.57. The molecular weight excluding hydrogens is 113 g/mol. The van der Waals surface area contributed by atoms with Crippen molar-refractivity contribution in [1.82, 2.24) is 5.32 Å². The van der Waals surface area contributed by atoms with Gasteiger partial charge < -0.3 is 0 Å². The van der Waals surface area contributed by atoms with E-state index in [-0.39, 0.29) is 6.41 Å². The topological polar surface area (TPSA) is 46.2 Å². The molecule has 3 nitrogen and oxygen atoms in total. The Labute approximate surface area is 45.2 Å². The third-order valence-electron chi connectivity index (χ3n) is 0.436. The molecule has 0 aliphatic carbocycles. The standard InChI is InChI=1S/C4H4FNO2/c1-3(5)4(8)6-2-7/h2H,1H2,(H,6,7,8). The second kappa shape index (κ2) is 2.90. The van der Waals surface area contributed by atoms with Crippen LogP contribution in [-0.2, 0) is 9.59 Å². The Hall–Kier alpha value is -1.19. The van der Waals surface area contributed by atoms with Crippen LogP contribution in [0.15, 0.2) is 12.4 Å². The number of nitrogens with one attached hydrogen (secondary N) is 1. The van der Waals surface area contributed by atoms with E-state index < -0.39 is 11.7 Å². The highest BCUT2D eigenvalue weighted by Gasteiger charge is 2.00. The number of hydrogen-bond donors (Lipinski definition) is 1. The summed E-state index contributed by atoms with van der Waals surface area (Å²) in [4.78, 5) is 19.3. The minimum atomic E-state index is -1.17. The van der Waals surface area contributed by atoms with E-state index >= 15 is 0 Å². The van der Waals surface area contributed by atoms with Gasteiger partial charge in [0.2, 0.25) is 6.41 Å². The quantitative estimate of drug-likeness (QED) is 0.400. The first-order valence-electron chi connectivity index (χ1n) is 1.77. The molecule has 0 saturated heterocycles. The molecule has 2 amide bonds. The third kappa shape index (κ3) is 2.07. The maximum absolute atomic E-state index is 11.5. The third-order valence-corrected chi connectivity index (χ3v) is 0.436. The number of rotatable bonds is 2. The number of hydrogen-bond acceptors (Lipinski definition) is 2. The van der Waals surface area contributed by atoms with Gasteiger partial charge in [-0.25, -0.2) is 4.39 Å². The summed E-state index contributed by atoms with van der Waals surface area (Å²) in [5.41, 5.74) is 0. The van der Waals surface area contributed by atoms with Gasteiger partial charge in [0.25, 0.3) is 5.91 Å². The van der Waals surface area contributed by atoms with Crippen molar-refractivity contribution in [2.75, 3.05) is 0 Å². The Morgan fingerprint density at radius 3 is 2.38 bits per heavy atom. The molecular formula is C4H4FNO2. The lowest BCUT2D eigenvalue weighted by atomic mass is 10.6. The van der Waals surface area contributed by atoms with E-state index in [1.54, 1.807) is 5.32 Å². The van der Waals surface area contributed by atoms with E-state index in [1.165, 1.54) is 0 Å². The average Bonchev–Trinajstić information content (AvgIpc) is 1.67. The van der Waals surface area contributed by atoms with Crippen molar-refractivity contribution in [2.24, 2.45) is 0 Å². The van der Waals surface area contributed by atoms with Gasteiger partial charge in [-0.3, -0.25) is 14.9 Å². The Bertz CT molecular complexity index is 132. The molecule has 0 unspecified atom stereocenters. The molecule has 0 saturated carbocycles. The normalized spacial score (nSPS) is 7.62. The van der Waals surface area contributed by atoms with Gasteiger partial charge in [-0.1, -0.05) is 6.58 Å². The molecule has 0 aliphatic heterocycles. The molecule has 0 aromatic rings. The molecule has 0 spiro atoms. The molecule has 44 valence electrons. The van der Waals surface area contributed by atoms with Gasteiger partial charge in [0.15, 0.2) is 5.83 Å². The zero-order valence-electron chi connectivity index (χ0n) is 3.98. The van der Waals surface area contributed by atoms with Crippen LogP contribution >= 0.6 is 0 Å². The summed E-state index contributed by atoms with van der Waals surface area (Å²) >= 11 is 0. The molecule has 0 rings (SSSR count). The summed E-state index contributed by atoms with van der Waals surface area (Å²) in [6, 6.07) is 0. The molecule has 0 fully saturated rings. The zero-order valence-corrected chi connectivity index (χ0v) is 3.98. The highest BCUT2D eigenvalue weighted by Crippen LogP contribution is 1.86. The fraction of sp³-hybridized carbons (Fsp3) is 0. The Balaban J connectivity index is 3.65. The minimum absolute atomic E-state index is 0.0904. The molecule has 8 heavy (non-hydrogen) atoms. The van der Waals surface area contributed by atoms with E-state index in [0.29, 0.717) is 0 Å². The molecule has 4 heteroatoms. The molecule has 0 atom stereocenters. The van der Waals surface area contributed by atoms with Gasteiger partial charge in [-0.15, -0.1) is 0 Å². The maximum Gasteiger partial charge on any atom is 0.285 e. The fourth-order valence-electron chi connectivity index (χ4n) is 0.132. The molecule has 0 aromatic heterocycles. The van der Waals surface area contributed by atoms with E-state index in [2.05, 4.69) is 6.58 Å². The predicted octanol–water partition coefficient (Wildman–Crippen LogP) is -0.258. The first-order valence-corrected chi connectivity index (χ1v) is 1.77. The highest BCUT2D eigenvalue weighted by molar-refractivity contribution is 5.96. The first-order chi connectivity index (χ1) is 3.68. The van der Waals surface area contributed by atoms with E-state index in [4.69, 9.17) is 0 Å². The van der Waals surface area contributed by atoms with Crippen LogP contribution in [0.25, 0.3) is 0 Å². The lowest BCUT2D eigenvalue weighted by molar-refractivity contribution is -0.123. The van der Waals surface area contributed by atoms with Gasteiger partial charge in [0.1, 0.15) is 0 Å². The summed E-state index contributed by atoms with van der Waals surface area (Å²) in [6.07, 6.45) is 0.0904. The Morgan fingerprint density at radius 2 is 2.25 bits per heavy atom. The summed E-state index contributed by atoms with van der Waals surface area (Å²) in [7, 11) is 0. The fourth-order valence-corrected chi connectivity index (χ4v) is 0.132. The van der Waals surface area contributed by atoms with Crippen LogP contribution in [0.5, 0.6) is 0 Å². The van der Waals surface area contributed by atoms with Crippen LogP contribution in [-0.4, -0.2) is 12.3 Å². The molecule has 0 radical (unpaired) electrons. The van der Waals surface area contributed by atoms with Crippen LogP contribution in [0.2, 0.25) is 0 Å². The van der Waals surface area contributed by atoms with Gasteiger partial charge >= 0.3 is 0 Å². The number of carbonyl (C=O) groups excluding carboxylic acids is 2. The largest absolute Gasteiger partial charge is 0.293 e. The SMILES string of the molecule is C=C(F)C(=O)NC=O. The summed E-state index contributed by atoms with van der Waals surface area (Å²) in [5, 5.41) is 1.55. The smallest absolute Gasteiger partial charge is 0.285 e. The van der Waals surface area contributed by atoms with Gasteiger partial charge in [-0.2, -0.15) is 0 Å². The van der Waals surface area contributed by atoms with Crippen LogP contribution < -0.4 is 5.32 Å². The number of carbonyl (C=O) groups is 2. The monoisotopic (exact) mass is 117 g/mol. The number of halogens is 1. The average molecular weight is 117 g/mol. The van der Waals surface area contributed by atoms with Gasteiger partial charge in [0.05, 0.1) is 0 Å². The van der Waals surface area contributed by atoms with Crippen molar-refractivity contribution in [3.8, 4) is 0 Å². The Morgan fingerprint density at radius 1 is 1.75 bits per heavy atom. The Kier molecular flexibility index (Phi) is 2.47. The second-order valence-corrected chi connectivity index (χ2v) is 0.996. The van der Waals surface area contributed by atoms with Crippen molar-refractivity contribution in [3.63, 3.8) is 0 Å². The molecule has 0 bridgehead atoms. The lowest BCUT2D eigenvalue weighted by Crippen LogP contribution is -2.20. The van der Waals surface area contributed by atoms with Crippen molar-refractivity contribution in [1.29, 1.82) is 0 Å². The van der Waals surface area contributed by atoms with Crippen molar-refractivity contribution >= 4 is 12.3 Å². The summed E-state index contributed by atoms with van der Waals surface area (Å²) in [6.45, 7) is 2.64. The molecule has 1 N–H and O–H groups in total. The first kappa shape index (κ1) is 6.81. The van der Waals surface area contributed by atoms with Crippen LogP contribution in [0.4, 0.5) is 4.39 Å². The van der Waals surface area contributed by atoms with Crippen molar-refractivity contribution in [2.45, 2.75) is 0 Å². The summed E-state index contributed by atoms with van der Waals surface area (Å²) < 4.78 is 11.5. The molecule has 0 aliphatic rings. The maximum atomic E-state index is 11.5. The highest BCUT2D eigenvalue weighted by atomic mass is 19.1. The van der Waals surface area contributed by atoms with Gasteiger partial charge in [0, 0.05) is 0 Å². The van der Waals surface area contributed by atoms with Crippen molar-refractivity contribution in [3.05, 3.63) is 12.4 Å². The van der Waals surface area contributed by atoms with E-state index in [1.807, 2.05) is 0 Å². The summed E-state index contributed by atoms with van der Waals surface area (Å²) in [5.74, 6) is -2.27. The minimum Gasteiger partial charge on any atom is -0.293 e. The second-order valence-electron chi connectivity index (χ2n) is 0.996. The van der Waals surface area contributed by atoms with E-state index in [0.717, 1.165) is 0 Å². The lowest BCUT2D eigenvalue weighted by Gasteiger charge is -1.87. The predicted molar refractivity (Wildman–Crippen MR) is 24.5 cm³/mol. The van der Waals surface area contributed by atoms with E-state index in [9.17, 15) is 14.0 Å².